The summed E-state index contributed by atoms with van der Waals surface area (Å²) >= 11 is 0. The lowest BCUT2D eigenvalue weighted by atomic mass is 9.73. The number of nitrogens with zero attached hydrogens (tertiary/aromatic N) is 3. The van der Waals surface area contributed by atoms with Crippen LogP contribution in [0.2, 0.25) is 0 Å². The fourth-order valence-corrected chi connectivity index (χ4v) is 3.82. The van der Waals surface area contributed by atoms with Gasteiger partial charge in [-0.1, -0.05) is 13.8 Å². The average molecular weight is 254 g/mol. The van der Waals surface area contributed by atoms with E-state index < -0.39 is 0 Å². The van der Waals surface area contributed by atoms with Crippen LogP contribution in [0, 0.1) is 11.3 Å². The summed E-state index contributed by atoms with van der Waals surface area (Å²) in [5, 5.41) is 1.98. The van der Waals surface area contributed by atoms with Gasteiger partial charge in [0.2, 0.25) is 0 Å². The molecule has 0 saturated carbocycles. The predicted molar refractivity (Wildman–Crippen MR) is 76.2 cm³/mol. The molecule has 1 unspecified atom stereocenters. The SMILES string of the molecule is CC.CN1CC2(C1)CN(CCC1CCN(N)C1)C2. The fraction of sp³-hybridized carbons (Fsp3) is 1.00. The van der Waals surface area contributed by atoms with Gasteiger partial charge in [0, 0.05) is 44.7 Å². The van der Waals surface area contributed by atoms with Crippen LogP contribution in [0.15, 0.2) is 0 Å². The molecule has 0 bridgehead atoms. The molecule has 0 amide bonds. The molecule has 2 N–H and O–H groups in total. The number of hydrogen-bond acceptors (Lipinski definition) is 4. The lowest BCUT2D eigenvalue weighted by Gasteiger charge is -2.60. The van der Waals surface area contributed by atoms with Crippen LogP contribution < -0.4 is 5.84 Å². The van der Waals surface area contributed by atoms with E-state index in [1.54, 1.807) is 0 Å². The maximum Gasteiger partial charge on any atom is 0.0212 e. The highest BCUT2D eigenvalue weighted by molar-refractivity contribution is 5.04. The lowest BCUT2D eigenvalue weighted by molar-refractivity contribution is -0.105. The van der Waals surface area contributed by atoms with Crippen LogP contribution in [0.4, 0.5) is 0 Å². The van der Waals surface area contributed by atoms with E-state index in [-0.39, 0.29) is 0 Å². The minimum atomic E-state index is 0.699. The molecule has 1 spiro atoms. The average Bonchev–Trinajstić information content (AvgIpc) is 2.69. The number of hydrazine groups is 1. The van der Waals surface area contributed by atoms with Gasteiger partial charge >= 0.3 is 0 Å². The summed E-state index contributed by atoms with van der Waals surface area (Å²) in [6, 6.07) is 0. The van der Waals surface area contributed by atoms with Crippen molar-refractivity contribution in [1.29, 1.82) is 0 Å². The molecule has 3 aliphatic rings. The Kier molecular flexibility index (Phi) is 4.64. The molecule has 3 aliphatic heterocycles. The van der Waals surface area contributed by atoms with Crippen molar-refractivity contribution in [2.24, 2.45) is 17.2 Å². The third-order valence-electron chi connectivity index (χ3n) is 4.50. The number of nitrogens with two attached hydrogens (primary N) is 1. The van der Waals surface area contributed by atoms with Crippen LogP contribution in [0.5, 0.6) is 0 Å². The minimum Gasteiger partial charge on any atom is -0.305 e. The fourth-order valence-electron chi connectivity index (χ4n) is 3.82. The highest BCUT2D eigenvalue weighted by atomic mass is 15.4. The highest BCUT2D eigenvalue weighted by Crippen LogP contribution is 2.38. The zero-order valence-electron chi connectivity index (χ0n) is 12.4. The van der Waals surface area contributed by atoms with E-state index in [9.17, 15) is 0 Å². The van der Waals surface area contributed by atoms with E-state index in [1.165, 1.54) is 45.6 Å². The lowest BCUT2D eigenvalue weighted by Crippen LogP contribution is -2.71. The van der Waals surface area contributed by atoms with E-state index in [0.29, 0.717) is 5.41 Å². The Hall–Kier alpha value is -0.160. The number of likely N-dealkylation sites (tertiary alicyclic amines) is 2. The summed E-state index contributed by atoms with van der Waals surface area (Å²) in [7, 11) is 2.22. The molecule has 3 saturated heterocycles. The summed E-state index contributed by atoms with van der Waals surface area (Å²) in [6.07, 6.45) is 2.65. The van der Waals surface area contributed by atoms with Crippen LogP contribution in [-0.4, -0.2) is 67.7 Å². The van der Waals surface area contributed by atoms with Gasteiger partial charge in [-0.15, -0.1) is 0 Å². The maximum atomic E-state index is 5.78. The first kappa shape index (κ1) is 14.3. The second-order valence-electron chi connectivity index (χ2n) is 6.32. The van der Waals surface area contributed by atoms with Crippen molar-refractivity contribution in [2.45, 2.75) is 26.7 Å². The Labute approximate surface area is 112 Å². The van der Waals surface area contributed by atoms with Gasteiger partial charge in [-0.05, 0) is 32.4 Å². The molecule has 3 fully saturated rings. The summed E-state index contributed by atoms with van der Waals surface area (Å²) in [4.78, 5) is 5.06. The Bertz CT molecular complexity index is 255. The summed E-state index contributed by atoms with van der Waals surface area (Å²) < 4.78 is 0. The normalized spacial score (nSPS) is 31.7. The first-order chi connectivity index (χ1) is 8.65. The van der Waals surface area contributed by atoms with Crippen LogP contribution in [0.3, 0.4) is 0 Å². The van der Waals surface area contributed by atoms with E-state index >= 15 is 0 Å². The molecule has 1 atom stereocenters. The van der Waals surface area contributed by atoms with E-state index in [1.807, 2.05) is 18.9 Å². The van der Waals surface area contributed by atoms with Crippen LogP contribution in [-0.2, 0) is 0 Å². The van der Waals surface area contributed by atoms with E-state index in [0.717, 1.165) is 19.0 Å². The molecule has 18 heavy (non-hydrogen) atoms. The highest BCUT2D eigenvalue weighted by Gasteiger charge is 2.49. The van der Waals surface area contributed by atoms with Crippen molar-refractivity contribution in [3.05, 3.63) is 0 Å². The second kappa shape index (κ2) is 5.87. The van der Waals surface area contributed by atoms with Gasteiger partial charge in [-0.25, -0.2) is 5.01 Å². The van der Waals surface area contributed by atoms with Crippen molar-refractivity contribution >= 4 is 0 Å². The molecule has 0 radical (unpaired) electrons. The Balaban J connectivity index is 0.000000574. The monoisotopic (exact) mass is 254 g/mol. The predicted octanol–water partition coefficient (Wildman–Crippen LogP) is 0.846. The standard InChI is InChI=1S/C12H24N4.C2H6/c1-14-7-12(8-14)9-15(10-12)4-2-11-3-5-16(13)6-11;1-2/h11H,2-10,13H2,1H3;1-2H3. The van der Waals surface area contributed by atoms with Gasteiger partial charge in [0.05, 0.1) is 0 Å². The van der Waals surface area contributed by atoms with Crippen molar-refractivity contribution < 1.29 is 0 Å². The van der Waals surface area contributed by atoms with Crippen molar-refractivity contribution in [1.82, 2.24) is 14.8 Å². The molecule has 4 nitrogen and oxygen atoms in total. The largest absolute Gasteiger partial charge is 0.305 e. The molecule has 0 aromatic rings. The van der Waals surface area contributed by atoms with Gasteiger partial charge < -0.3 is 9.80 Å². The van der Waals surface area contributed by atoms with Crippen molar-refractivity contribution in [2.75, 3.05) is 52.9 Å². The molecular formula is C14H30N4. The zero-order valence-corrected chi connectivity index (χ0v) is 12.4. The quantitative estimate of drug-likeness (QED) is 0.757. The maximum absolute atomic E-state index is 5.78. The molecule has 0 aromatic heterocycles. The first-order valence-corrected chi connectivity index (χ1v) is 7.56. The molecule has 3 heterocycles. The third-order valence-corrected chi connectivity index (χ3v) is 4.50. The molecule has 3 rings (SSSR count). The van der Waals surface area contributed by atoms with Crippen LogP contribution in [0.25, 0.3) is 0 Å². The zero-order chi connectivity index (χ0) is 13.2. The van der Waals surface area contributed by atoms with E-state index in [2.05, 4.69) is 16.8 Å². The first-order valence-electron chi connectivity index (χ1n) is 7.56. The Morgan fingerprint density at radius 3 is 2.33 bits per heavy atom. The summed E-state index contributed by atoms with van der Waals surface area (Å²) in [5.41, 5.74) is 0.699. The number of hydrogen-bond donors (Lipinski definition) is 1. The molecular weight excluding hydrogens is 224 g/mol. The topological polar surface area (TPSA) is 35.7 Å². The van der Waals surface area contributed by atoms with Gasteiger partial charge in [-0.3, -0.25) is 5.84 Å². The summed E-state index contributed by atoms with van der Waals surface area (Å²) in [6.45, 7) is 12.8. The van der Waals surface area contributed by atoms with Gasteiger partial charge in [0.1, 0.15) is 0 Å². The van der Waals surface area contributed by atoms with Crippen molar-refractivity contribution in [3.63, 3.8) is 0 Å². The Morgan fingerprint density at radius 1 is 1.17 bits per heavy atom. The van der Waals surface area contributed by atoms with Crippen LogP contribution >= 0.6 is 0 Å². The van der Waals surface area contributed by atoms with Crippen molar-refractivity contribution in [3.8, 4) is 0 Å². The van der Waals surface area contributed by atoms with Gasteiger partial charge in [0.15, 0.2) is 0 Å². The summed E-state index contributed by atoms with van der Waals surface area (Å²) in [5.74, 6) is 6.63. The van der Waals surface area contributed by atoms with Gasteiger partial charge in [-0.2, -0.15) is 0 Å². The van der Waals surface area contributed by atoms with Gasteiger partial charge in [0.25, 0.3) is 0 Å². The molecule has 4 heteroatoms. The van der Waals surface area contributed by atoms with E-state index in [4.69, 9.17) is 5.84 Å². The second-order valence-corrected chi connectivity index (χ2v) is 6.32. The Morgan fingerprint density at radius 2 is 1.83 bits per heavy atom. The molecule has 106 valence electrons. The minimum absolute atomic E-state index is 0.699. The number of rotatable bonds is 3. The smallest absolute Gasteiger partial charge is 0.0212 e. The third kappa shape index (κ3) is 3.05. The molecule has 0 aliphatic carbocycles. The van der Waals surface area contributed by atoms with Crippen LogP contribution in [0.1, 0.15) is 26.7 Å². The molecule has 0 aromatic carbocycles.